The second kappa shape index (κ2) is 8.93. The van der Waals surface area contributed by atoms with Crippen molar-refractivity contribution in [2.75, 3.05) is 0 Å². The van der Waals surface area contributed by atoms with Crippen LogP contribution in [0, 0.1) is 10.1 Å². The molecule has 0 spiro atoms. The molecule has 2 aromatic carbocycles. The number of halogens is 2. The van der Waals surface area contributed by atoms with Crippen molar-refractivity contribution >= 4 is 46.9 Å². The lowest BCUT2D eigenvalue weighted by Crippen LogP contribution is -2.37. The number of nitrogens with zero attached hydrogens (tertiary/aromatic N) is 2. The summed E-state index contributed by atoms with van der Waals surface area (Å²) in [5, 5.41) is 17.6. The van der Waals surface area contributed by atoms with Crippen LogP contribution in [0.1, 0.15) is 11.1 Å². The smallest absolute Gasteiger partial charge is 0.329 e. The molecule has 0 saturated heterocycles. The fraction of sp³-hybridized carbons (Fsp3) is 0.0625. The standard InChI is InChI=1S/C16H12Cl2N4O4/c17-12-6-5-10(13(18)7-12)8-19-15(23)16(24)21-20-9-11-3-1-2-4-14(11)22(25)26/h1-7,9H,8H2,(H,19,23)(H,21,24)/b20-9-. The Morgan fingerprint density at radius 1 is 1.15 bits per heavy atom. The number of carbonyl (C=O) groups excluding carboxylic acids is 2. The molecule has 0 unspecified atom stereocenters. The molecule has 10 heteroatoms. The SMILES string of the molecule is O=C(NCc1ccc(Cl)cc1Cl)C(=O)N/N=C\c1ccccc1[N+](=O)[O-]. The van der Waals surface area contributed by atoms with Crippen molar-refractivity contribution in [2.24, 2.45) is 5.10 Å². The number of hydrogen-bond donors (Lipinski definition) is 2. The first-order valence-corrected chi connectivity index (χ1v) is 7.92. The highest BCUT2D eigenvalue weighted by atomic mass is 35.5. The molecular formula is C16H12Cl2N4O4. The average Bonchev–Trinajstić information content (AvgIpc) is 2.60. The summed E-state index contributed by atoms with van der Waals surface area (Å²) < 4.78 is 0. The van der Waals surface area contributed by atoms with Gasteiger partial charge in [-0.15, -0.1) is 0 Å². The van der Waals surface area contributed by atoms with E-state index in [-0.39, 0.29) is 17.8 Å². The van der Waals surface area contributed by atoms with Gasteiger partial charge in [-0.2, -0.15) is 5.10 Å². The highest BCUT2D eigenvalue weighted by molar-refractivity contribution is 6.36. The van der Waals surface area contributed by atoms with Gasteiger partial charge in [0, 0.05) is 22.7 Å². The van der Waals surface area contributed by atoms with Gasteiger partial charge in [-0.25, -0.2) is 5.43 Å². The third kappa shape index (κ3) is 5.27. The van der Waals surface area contributed by atoms with Crippen LogP contribution in [0.25, 0.3) is 0 Å². The van der Waals surface area contributed by atoms with Gasteiger partial charge in [0.15, 0.2) is 0 Å². The fourth-order valence-electron chi connectivity index (χ4n) is 1.90. The average molecular weight is 395 g/mol. The minimum absolute atomic E-state index is 0.0239. The summed E-state index contributed by atoms with van der Waals surface area (Å²) in [6, 6.07) is 10.6. The summed E-state index contributed by atoms with van der Waals surface area (Å²) in [4.78, 5) is 33.7. The number of hydrogen-bond acceptors (Lipinski definition) is 5. The van der Waals surface area contributed by atoms with Crippen LogP contribution < -0.4 is 10.7 Å². The van der Waals surface area contributed by atoms with Gasteiger partial charge in [0.2, 0.25) is 0 Å². The molecule has 0 aliphatic carbocycles. The van der Waals surface area contributed by atoms with Crippen LogP contribution >= 0.6 is 23.2 Å². The minimum atomic E-state index is -1.02. The van der Waals surface area contributed by atoms with E-state index in [1.807, 2.05) is 5.43 Å². The summed E-state index contributed by atoms with van der Waals surface area (Å²) in [5.74, 6) is -1.96. The number of rotatable bonds is 5. The van der Waals surface area contributed by atoms with Crippen LogP contribution in [0.3, 0.4) is 0 Å². The van der Waals surface area contributed by atoms with E-state index in [4.69, 9.17) is 23.2 Å². The number of benzene rings is 2. The van der Waals surface area contributed by atoms with Crippen molar-refractivity contribution in [2.45, 2.75) is 6.54 Å². The largest absolute Gasteiger partial charge is 0.344 e. The third-order valence-electron chi connectivity index (χ3n) is 3.16. The lowest BCUT2D eigenvalue weighted by Gasteiger charge is -2.06. The highest BCUT2D eigenvalue weighted by Gasteiger charge is 2.14. The molecule has 2 amide bonds. The van der Waals surface area contributed by atoms with Crippen molar-refractivity contribution in [3.05, 3.63) is 73.8 Å². The van der Waals surface area contributed by atoms with Gasteiger partial charge in [-0.3, -0.25) is 19.7 Å². The second-order valence-electron chi connectivity index (χ2n) is 4.93. The van der Waals surface area contributed by atoms with Crippen molar-refractivity contribution in [1.82, 2.24) is 10.7 Å². The minimum Gasteiger partial charge on any atom is -0.344 e. The number of nitro groups is 1. The Bertz CT molecular complexity index is 886. The fourth-order valence-corrected chi connectivity index (χ4v) is 2.37. The molecule has 0 heterocycles. The molecule has 2 rings (SSSR count). The molecule has 0 aromatic heterocycles. The van der Waals surface area contributed by atoms with E-state index in [0.29, 0.717) is 15.6 Å². The van der Waals surface area contributed by atoms with Gasteiger partial charge >= 0.3 is 11.8 Å². The molecule has 0 bridgehead atoms. The summed E-state index contributed by atoms with van der Waals surface area (Å²) >= 11 is 11.7. The monoisotopic (exact) mass is 394 g/mol. The van der Waals surface area contributed by atoms with Gasteiger partial charge in [-0.1, -0.05) is 41.4 Å². The van der Waals surface area contributed by atoms with Crippen LogP contribution in [0.5, 0.6) is 0 Å². The number of nitrogens with one attached hydrogen (secondary N) is 2. The van der Waals surface area contributed by atoms with Crippen LogP contribution in [0.2, 0.25) is 10.0 Å². The van der Waals surface area contributed by atoms with E-state index >= 15 is 0 Å². The first-order chi connectivity index (χ1) is 12.4. The van der Waals surface area contributed by atoms with Crippen LogP contribution in [-0.2, 0) is 16.1 Å². The molecule has 2 N–H and O–H groups in total. The number of para-hydroxylation sites is 1. The Balaban J connectivity index is 1.91. The van der Waals surface area contributed by atoms with Gasteiger partial charge in [0.05, 0.1) is 16.7 Å². The maximum Gasteiger partial charge on any atom is 0.329 e. The van der Waals surface area contributed by atoms with Crippen molar-refractivity contribution in [3.63, 3.8) is 0 Å². The normalized spacial score (nSPS) is 10.5. The molecule has 0 aliphatic rings. The lowest BCUT2D eigenvalue weighted by atomic mass is 10.2. The van der Waals surface area contributed by atoms with Crippen molar-refractivity contribution in [3.8, 4) is 0 Å². The Labute approximate surface area is 157 Å². The highest BCUT2D eigenvalue weighted by Crippen LogP contribution is 2.20. The maximum absolute atomic E-state index is 11.7. The topological polar surface area (TPSA) is 114 Å². The lowest BCUT2D eigenvalue weighted by molar-refractivity contribution is -0.385. The van der Waals surface area contributed by atoms with E-state index in [1.54, 1.807) is 18.2 Å². The zero-order valence-corrected chi connectivity index (χ0v) is 14.6. The molecule has 0 fully saturated rings. The van der Waals surface area contributed by atoms with E-state index in [9.17, 15) is 19.7 Å². The Morgan fingerprint density at radius 3 is 2.58 bits per heavy atom. The number of nitro benzene ring substituents is 1. The van der Waals surface area contributed by atoms with Crippen LogP contribution in [0.4, 0.5) is 5.69 Å². The predicted molar refractivity (Wildman–Crippen MR) is 97.1 cm³/mol. The molecular weight excluding hydrogens is 383 g/mol. The van der Waals surface area contributed by atoms with E-state index in [0.717, 1.165) is 6.21 Å². The van der Waals surface area contributed by atoms with Gasteiger partial charge < -0.3 is 5.32 Å². The zero-order valence-electron chi connectivity index (χ0n) is 13.1. The van der Waals surface area contributed by atoms with Crippen molar-refractivity contribution in [1.29, 1.82) is 0 Å². The Morgan fingerprint density at radius 2 is 1.88 bits per heavy atom. The number of amides is 2. The summed E-state index contributed by atoms with van der Waals surface area (Å²) in [7, 11) is 0. The maximum atomic E-state index is 11.7. The summed E-state index contributed by atoms with van der Waals surface area (Å²) in [6.45, 7) is 0.0239. The second-order valence-corrected chi connectivity index (χ2v) is 5.78. The van der Waals surface area contributed by atoms with Crippen LogP contribution in [0.15, 0.2) is 47.6 Å². The molecule has 134 valence electrons. The third-order valence-corrected chi connectivity index (χ3v) is 3.75. The van der Waals surface area contributed by atoms with E-state index in [1.165, 1.54) is 24.3 Å². The Hall–Kier alpha value is -2.97. The predicted octanol–water partition coefficient (Wildman–Crippen LogP) is 2.67. The first kappa shape index (κ1) is 19.4. The molecule has 8 nitrogen and oxygen atoms in total. The van der Waals surface area contributed by atoms with E-state index in [2.05, 4.69) is 10.4 Å². The summed E-state index contributed by atoms with van der Waals surface area (Å²) in [5.41, 5.74) is 2.60. The van der Waals surface area contributed by atoms with Gasteiger partial charge in [-0.05, 0) is 23.8 Å². The number of hydrazone groups is 1. The molecule has 0 radical (unpaired) electrons. The van der Waals surface area contributed by atoms with Gasteiger partial charge in [0.25, 0.3) is 5.69 Å². The van der Waals surface area contributed by atoms with Crippen molar-refractivity contribution < 1.29 is 14.5 Å². The molecule has 0 aliphatic heterocycles. The Kier molecular flexibility index (Phi) is 6.65. The first-order valence-electron chi connectivity index (χ1n) is 7.17. The molecule has 2 aromatic rings. The zero-order chi connectivity index (χ0) is 19.1. The van der Waals surface area contributed by atoms with E-state index < -0.39 is 16.7 Å². The quantitative estimate of drug-likeness (QED) is 0.351. The van der Waals surface area contributed by atoms with Crippen LogP contribution in [-0.4, -0.2) is 23.0 Å². The summed E-state index contributed by atoms with van der Waals surface area (Å²) in [6.07, 6.45) is 1.08. The number of carbonyl (C=O) groups is 2. The van der Waals surface area contributed by atoms with Gasteiger partial charge in [0.1, 0.15) is 0 Å². The molecule has 0 atom stereocenters. The molecule has 26 heavy (non-hydrogen) atoms. The molecule has 0 saturated carbocycles.